The molecule has 0 radical (unpaired) electrons. The number of Topliss-reactive ketones (excluding diaryl/α,β-unsaturated/α-hetero) is 1. The number of nitrogens with two attached hydrogens (primary N) is 1. The zero-order valence-electron chi connectivity index (χ0n) is 6.66. The average molecular weight is 145 g/mol. The summed E-state index contributed by atoms with van der Waals surface area (Å²) in [6.07, 6.45) is -0.741. The second-order valence-electron chi connectivity index (χ2n) is 2.82. The van der Waals surface area contributed by atoms with Crippen LogP contribution in [0.25, 0.3) is 0 Å². The maximum atomic E-state index is 11.0. The van der Waals surface area contributed by atoms with E-state index in [1.807, 2.05) is 0 Å². The summed E-state index contributed by atoms with van der Waals surface area (Å²) in [6, 6.07) is -0.722. The van der Waals surface area contributed by atoms with Gasteiger partial charge in [-0.15, -0.1) is 0 Å². The maximum Gasteiger partial charge on any atom is 0.154 e. The SMILES string of the molecule is CC(C)C(=O)[C@H](N)C(C)O. The minimum Gasteiger partial charge on any atom is -0.391 e. The molecule has 0 spiro atoms. The van der Waals surface area contributed by atoms with Gasteiger partial charge >= 0.3 is 0 Å². The first-order valence-electron chi connectivity index (χ1n) is 3.44. The van der Waals surface area contributed by atoms with Crippen LogP contribution in [0.4, 0.5) is 0 Å². The molecule has 0 fully saturated rings. The van der Waals surface area contributed by atoms with Crippen LogP contribution in [0.3, 0.4) is 0 Å². The van der Waals surface area contributed by atoms with Crippen molar-refractivity contribution in [2.75, 3.05) is 0 Å². The number of carbonyl (C=O) groups is 1. The van der Waals surface area contributed by atoms with Crippen LogP contribution in [0.1, 0.15) is 20.8 Å². The second-order valence-corrected chi connectivity index (χ2v) is 2.82. The minimum absolute atomic E-state index is 0.0880. The summed E-state index contributed by atoms with van der Waals surface area (Å²) in [5, 5.41) is 8.89. The van der Waals surface area contributed by atoms with E-state index in [0.717, 1.165) is 0 Å². The lowest BCUT2D eigenvalue weighted by atomic mass is 9.99. The normalized spacial score (nSPS) is 17.0. The molecular weight excluding hydrogens is 130 g/mol. The molecule has 1 unspecified atom stereocenters. The highest BCUT2D eigenvalue weighted by Crippen LogP contribution is 2.00. The zero-order valence-corrected chi connectivity index (χ0v) is 6.66. The molecule has 3 nitrogen and oxygen atoms in total. The highest BCUT2D eigenvalue weighted by molar-refractivity contribution is 5.85. The molecule has 2 atom stereocenters. The number of hydrogen-bond acceptors (Lipinski definition) is 3. The van der Waals surface area contributed by atoms with Crippen molar-refractivity contribution in [1.82, 2.24) is 0 Å². The van der Waals surface area contributed by atoms with Crippen molar-refractivity contribution in [3.8, 4) is 0 Å². The summed E-state index contributed by atoms with van der Waals surface area (Å²) >= 11 is 0. The van der Waals surface area contributed by atoms with Crippen molar-refractivity contribution in [2.45, 2.75) is 32.9 Å². The van der Waals surface area contributed by atoms with Crippen LogP contribution >= 0.6 is 0 Å². The Kier molecular flexibility index (Phi) is 3.53. The lowest BCUT2D eigenvalue weighted by Gasteiger charge is -2.14. The van der Waals surface area contributed by atoms with Gasteiger partial charge in [0.2, 0.25) is 0 Å². The molecule has 60 valence electrons. The van der Waals surface area contributed by atoms with E-state index in [2.05, 4.69) is 0 Å². The van der Waals surface area contributed by atoms with Crippen molar-refractivity contribution in [2.24, 2.45) is 11.7 Å². The van der Waals surface area contributed by atoms with Gasteiger partial charge in [-0.2, -0.15) is 0 Å². The van der Waals surface area contributed by atoms with E-state index >= 15 is 0 Å². The third kappa shape index (κ3) is 2.45. The quantitative estimate of drug-likeness (QED) is 0.584. The Morgan fingerprint density at radius 3 is 1.90 bits per heavy atom. The predicted octanol–water partition coefficient (Wildman–Crippen LogP) is -0.0804. The molecule has 0 heterocycles. The first-order valence-corrected chi connectivity index (χ1v) is 3.44. The van der Waals surface area contributed by atoms with Gasteiger partial charge in [0.15, 0.2) is 5.78 Å². The van der Waals surface area contributed by atoms with Crippen molar-refractivity contribution in [3.05, 3.63) is 0 Å². The highest BCUT2D eigenvalue weighted by atomic mass is 16.3. The van der Waals surface area contributed by atoms with Gasteiger partial charge in [-0.25, -0.2) is 0 Å². The van der Waals surface area contributed by atoms with E-state index < -0.39 is 12.1 Å². The monoisotopic (exact) mass is 145 g/mol. The number of rotatable bonds is 3. The number of hydrogen-bond donors (Lipinski definition) is 2. The second kappa shape index (κ2) is 3.68. The van der Waals surface area contributed by atoms with Gasteiger partial charge in [-0.1, -0.05) is 13.8 Å². The number of ketones is 1. The Balaban J connectivity index is 3.95. The van der Waals surface area contributed by atoms with Crippen LogP contribution in [0.15, 0.2) is 0 Å². The lowest BCUT2D eigenvalue weighted by molar-refractivity contribution is -0.125. The van der Waals surface area contributed by atoms with Gasteiger partial charge in [0.1, 0.15) is 0 Å². The summed E-state index contributed by atoms with van der Waals surface area (Å²) in [4.78, 5) is 11.0. The first-order chi connectivity index (χ1) is 4.46. The van der Waals surface area contributed by atoms with Crippen LogP contribution in [0, 0.1) is 5.92 Å². The Hall–Kier alpha value is -0.410. The molecule has 0 aromatic rings. The zero-order chi connectivity index (χ0) is 8.31. The molecule has 10 heavy (non-hydrogen) atoms. The summed E-state index contributed by atoms with van der Waals surface area (Å²) < 4.78 is 0. The fraction of sp³-hybridized carbons (Fsp3) is 0.857. The molecule has 0 rings (SSSR count). The largest absolute Gasteiger partial charge is 0.391 e. The van der Waals surface area contributed by atoms with Gasteiger partial charge in [0.25, 0.3) is 0 Å². The van der Waals surface area contributed by atoms with E-state index in [0.29, 0.717) is 0 Å². The van der Waals surface area contributed by atoms with Gasteiger partial charge in [0.05, 0.1) is 12.1 Å². The van der Waals surface area contributed by atoms with Crippen LogP contribution in [0.2, 0.25) is 0 Å². The van der Waals surface area contributed by atoms with E-state index in [9.17, 15) is 4.79 Å². The predicted molar refractivity (Wildman–Crippen MR) is 39.5 cm³/mol. The Morgan fingerprint density at radius 2 is 1.80 bits per heavy atom. The molecule has 0 saturated heterocycles. The third-order valence-corrected chi connectivity index (χ3v) is 1.42. The standard InChI is InChI=1S/C7H15NO2/c1-4(2)7(10)6(8)5(3)9/h4-6,9H,8H2,1-3H3/t5?,6-/m1/s1. The molecule has 0 aromatic heterocycles. The van der Waals surface area contributed by atoms with Gasteiger partial charge in [-0.3, -0.25) is 4.79 Å². The Labute approximate surface area is 61.2 Å². The lowest BCUT2D eigenvalue weighted by Crippen LogP contribution is -2.42. The fourth-order valence-corrected chi connectivity index (χ4v) is 0.623. The molecule has 0 saturated carbocycles. The molecule has 0 aliphatic rings. The van der Waals surface area contributed by atoms with Gasteiger partial charge < -0.3 is 10.8 Å². The first kappa shape index (κ1) is 9.59. The van der Waals surface area contributed by atoms with Crippen molar-refractivity contribution in [1.29, 1.82) is 0 Å². The molecule has 0 aromatic carbocycles. The van der Waals surface area contributed by atoms with E-state index in [1.54, 1.807) is 13.8 Å². The number of aliphatic hydroxyl groups excluding tert-OH is 1. The number of aliphatic hydroxyl groups is 1. The maximum absolute atomic E-state index is 11.0. The third-order valence-electron chi connectivity index (χ3n) is 1.42. The summed E-state index contributed by atoms with van der Waals surface area (Å²) in [5.74, 6) is -0.181. The Bertz CT molecular complexity index is 121. The fourth-order valence-electron chi connectivity index (χ4n) is 0.623. The summed E-state index contributed by atoms with van der Waals surface area (Å²) in [7, 11) is 0. The van der Waals surface area contributed by atoms with Crippen LogP contribution in [-0.2, 0) is 4.79 Å². The van der Waals surface area contributed by atoms with Crippen LogP contribution in [-0.4, -0.2) is 23.0 Å². The molecule has 0 aliphatic carbocycles. The van der Waals surface area contributed by atoms with E-state index in [-0.39, 0.29) is 11.7 Å². The molecule has 3 N–H and O–H groups in total. The van der Waals surface area contributed by atoms with Crippen molar-refractivity contribution >= 4 is 5.78 Å². The Morgan fingerprint density at radius 1 is 1.40 bits per heavy atom. The molecule has 0 aliphatic heterocycles. The highest BCUT2D eigenvalue weighted by Gasteiger charge is 2.20. The van der Waals surface area contributed by atoms with E-state index in [4.69, 9.17) is 10.8 Å². The molecular formula is C7H15NO2. The van der Waals surface area contributed by atoms with Gasteiger partial charge in [0, 0.05) is 5.92 Å². The smallest absolute Gasteiger partial charge is 0.154 e. The van der Waals surface area contributed by atoms with Crippen LogP contribution in [0.5, 0.6) is 0 Å². The minimum atomic E-state index is -0.741. The van der Waals surface area contributed by atoms with Gasteiger partial charge in [-0.05, 0) is 6.92 Å². The van der Waals surface area contributed by atoms with Crippen molar-refractivity contribution < 1.29 is 9.90 Å². The van der Waals surface area contributed by atoms with E-state index in [1.165, 1.54) is 6.92 Å². The average Bonchev–Trinajstić information content (AvgIpc) is 1.84. The summed E-state index contributed by atoms with van der Waals surface area (Å²) in [5.41, 5.74) is 5.36. The molecule has 0 bridgehead atoms. The summed E-state index contributed by atoms with van der Waals surface area (Å²) in [6.45, 7) is 5.06. The number of carbonyl (C=O) groups excluding carboxylic acids is 1. The molecule has 0 amide bonds. The van der Waals surface area contributed by atoms with Crippen LogP contribution < -0.4 is 5.73 Å². The molecule has 3 heteroatoms. The topological polar surface area (TPSA) is 63.3 Å². The van der Waals surface area contributed by atoms with Crippen molar-refractivity contribution in [3.63, 3.8) is 0 Å².